The summed E-state index contributed by atoms with van der Waals surface area (Å²) in [5.74, 6) is 2.39. The molecular weight excluding hydrogens is 238 g/mol. The summed E-state index contributed by atoms with van der Waals surface area (Å²) >= 11 is 0. The van der Waals surface area contributed by atoms with Gasteiger partial charge in [0, 0.05) is 11.5 Å². The topological polar surface area (TPSA) is 64.9 Å². The number of hydrogen-bond donors (Lipinski definition) is 1. The number of nitrogens with zero attached hydrogens (tertiary/aromatic N) is 2. The fourth-order valence-electron chi connectivity index (χ4n) is 3.70. The largest absolute Gasteiger partial charge is 0.463 e. The van der Waals surface area contributed by atoms with Gasteiger partial charge in [0.15, 0.2) is 5.76 Å². The van der Waals surface area contributed by atoms with Crippen LogP contribution < -0.4 is 5.73 Å². The Kier molecular flexibility index (Phi) is 1.96. The van der Waals surface area contributed by atoms with Gasteiger partial charge in [-0.2, -0.15) is 0 Å². The van der Waals surface area contributed by atoms with Crippen molar-refractivity contribution in [1.29, 1.82) is 0 Å². The van der Waals surface area contributed by atoms with Gasteiger partial charge in [0.2, 0.25) is 5.95 Å². The molecule has 3 aliphatic rings. The van der Waals surface area contributed by atoms with E-state index in [1.807, 2.05) is 12.1 Å². The molecule has 2 heterocycles. The van der Waals surface area contributed by atoms with Crippen LogP contribution in [-0.4, -0.2) is 9.97 Å². The van der Waals surface area contributed by atoms with E-state index in [0.29, 0.717) is 17.3 Å². The van der Waals surface area contributed by atoms with Gasteiger partial charge in [-0.25, -0.2) is 9.97 Å². The van der Waals surface area contributed by atoms with E-state index in [9.17, 15) is 0 Å². The summed E-state index contributed by atoms with van der Waals surface area (Å²) in [6.45, 7) is 4.67. The van der Waals surface area contributed by atoms with Gasteiger partial charge in [-0.05, 0) is 36.3 Å². The Morgan fingerprint density at radius 1 is 1.37 bits per heavy atom. The smallest absolute Gasteiger partial charge is 0.220 e. The molecule has 3 aliphatic carbocycles. The van der Waals surface area contributed by atoms with Gasteiger partial charge < -0.3 is 10.2 Å². The van der Waals surface area contributed by atoms with Crippen molar-refractivity contribution in [2.24, 2.45) is 11.3 Å². The molecule has 1 saturated carbocycles. The van der Waals surface area contributed by atoms with Crippen LogP contribution in [0.5, 0.6) is 0 Å². The van der Waals surface area contributed by atoms with Crippen molar-refractivity contribution in [3.8, 4) is 11.5 Å². The zero-order valence-electron chi connectivity index (χ0n) is 11.2. The molecule has 0 spiro atoms. The highest BCUT2D eigenvalue weighted by Gasteiger charge is 2.54. The third-order valence-corrected chi connectivity index (χ3v) is 5.06. The Labute approximate surface area is 112 Å². The molecule has 0 aromatic carbocycles. The molecule has 98 valence electrons. The monoisotopic (exact) mass is 255 g/mol. The Hall–Kier alpha value is -1.84. The van der Waals surface area contributed by atoms with Gasteiger partial charge in [-0.15, -0.1) is 0 Å². The molecule has 2 unspecified atom stereocenters. The average Bonchev–Trinajstić information content (AvgIpc) is 2.90. The van der Waals surface area contributed by atoms with Gasteiger partial charge in [-0.1, -0.05) is 13.8 Å². The molecule has 4 nitrogen and oxygen atoms in total. The summed E-state index contributed by atoms with van der Waals surface area (Å²) in [5, 5.41) is 0. The summed E-state index contributed by atoms with van der Waals surface area (Å²) in [6, 6.07) is 3.82. The van der Waals surface area contributed by atoms with Crippen LogP contribution >= 0.6 is 0 Å². The lowest BCUT2D eigenvalue weighted by molar-refractivity contribution is 0.0156. The highest BCUT2D eigenvalue weighted by molar-refractivity contribution is 5.62. The van der Waals surface area contributed by atoms with Gasteiger partial charge >= 0.3 is 0 Å². The van der Waals surface area contributed by atoms with Crippen LogP contribution in [0.15, 0.2) is 22.8 Å². The van der Waals surface area contributed by atoms with Crippen LogP contribution in [0.3, 0.4) is 0 Å². The Morgan fingerprint density at radius 2 is 2.21 bits per heavy atom. The summed E-state index contributed by atoms with van der Waals surface area (Å²) < 4.78 is 5.50. The Balaban J connectivity index is 1.93. The van der Waals surface area contributed by atoms with Crippen molar-refractivity contribution >= 4 is 5.95 Å². The lowest BCUT2D eigenvalue weighted by Gasteiger charge is -2.56. The zero-order chi connectivity index (χ0) is 13.2. The third-order valence-electron chi connectivity index (χ3n) is 5.06. The molecule has 0 amide bonds. The van der Waals surface area contributed by atoms with Crippen molar-refractivity contribution in [1.82, 2.24) is 9.97 Å². The third kappa shape index (κ3) is 1.34. The van der Waals surface area contributed by atoms with E-state index in [-0.39, 0.29) is 0 Å². The Morgan fingerprint density at radius 3 is 2.89 bits per heavy atom. The normalized spacial score (nSPS) is 26.6. The number of rotatable bonds is 1. The zero-order valence-corrected chi connectivity index (χ0v) is 11.2. The van der Waals surface area contributed by atoms with Crippen LogP contribution in [0.1, 0.15) is 37.4 Å². The van der Waals surface area contributed by atoms with Gasteiger partial charge in [0.1, 0.15) is 5.69 Å². The first-order valence-electron chi connectivity index (χ1n) is 6.77. The fraction of sp³-hybridized carbons (Fsp3) is 0.467. The maximum absolute atomic E-state index is 5.89. The summed E-state index contributed by atoms with van der Waals surface area (Å²) in [4.78, 5) is 8.93. The maximum Gasteiger partial charge on any atom is 0.220 e. The second-order valence-electron chi connectivity index (χ2n) is 6.28. The van der Waals surface area contributed by atoms with E-state index in [4.69, 9.17) is 10.2 Å². The molecule has 1 fully saturated rings. The van der Waals surface area contributed by atoms with Crippen molar-refractivity contribution in [2.45, 2.75) is 32.6 Å². The lowest BCUT2D eigenvalue weighted by atomic mass is 9.48. The van der Waals surface area contributed by atoms with Gasteiger partial charge in [0.25, 0.3) is 0 Å². The summed E-state index contributed by atoms with van der Waals surface area (Å²) in [6.07, 6.45) is 3.94. The minimum Gasteiger partial charge on any atom is -0.463 e. The highest BCUT2D eigenvalue weighted by atomic mass is 16.3. The highest BCUT2D eigenvalue weighted by Crippen LogP contribution is 2.62. The number of aromatic nitrogens is 2. The number of hydrogen-bond acceptors (Lipinski definition) is 4. The summed E-state index contributed by atoms with van der Waals surface area (Å²) in [5.41, 5.74) is 9.51. The van der Waals surface area contributed by atoms with Crippen LogP contribution in [0, 0.1) is 11.3 Å². The predicted molar refractivity (Wildman–Crippen MR) is 72.5 cm³/mol. The molecule has 0 aliphatic heterocycles. The molecule has 4 heteroatoms. The number of anilines is 1. The van der Waals surface area contributed by atoms with Crippen LogP contribution in [-0.2, 0) is 6.42 Å². The minimum absolute atomic E-state index is 0.341. The molecule has 2 bridgehead atoms. The average molecular weight is 255 g/mol. The van der Waals surface area contributed by atoms with Crippen molar-refractivity contribution < 1.29 is 4.42 Å². The van der Waals surface area contributed by atoms with Gasteiger partial charge in [-0.3, -0.25) is 0 Å². The van der Waals surface area contributed by atoms with Crippen molar-refractivity contribution in [3.05, 3.63) is 29.7 Å². The molecule has 19 heavy (non-hydrogen) atoms. The van der Waals surface area contributed by atoms with Crippen molar-refractivity contribution in [3.63, 3.8) is 0 Å². The second-order valence-corrected chi connectivity index (χ2v) is 6.28. The number of nitrogens with two attached hydrogens (primary N) is 1. The minimum atomic E-state index is 0.341. The predicted octanol–water partition coefficient (Wildman–Crippen LogP) is 3.00. The second kappa shape index (κ2) is 3.38. The Bertz CT molecular complexity index is 646. The molecule has 2 aromatic heterocycles. The first kappa shape index (κ1) is 11.0. The number of nitrogen functional groups attached to an aromatic ring is 1. The number of furan rings is 1. The van der Waals surface area contributed by atoms with Crippen molar-refractivity contribution in [2.75, 3.05) is 5.73 Å². The molecule has 2 N–H and O–H groups in total. The van der Waals surface area contributed by atoms with E-state index < -0.39 is 0 Å². The maximum atomic E-state index is 5.89. The first-order chi connectivity index (χ1) is 9.07. The SMILES string of the molecule is CC1(C)C2Cc3c(-c4ccco4)nc(N)nc3C1C2. The van der Waals surface area contributed by atoms with E-state index in [2.05, 4.69) is 23.8 Å². The lowest BCUT2D eigenvalue weighted by Crippen LogP contribution is -2.48. The molecule has 0 saturated heterocycles. The van der Waals surface area contributed by atoms with Crippen LogP contribution in [0.25, 0.3) is 11.5 Å². The first-order valence-corrected chi connectivity index (χ1v) is 6.77. The van der Waals surface area contributed by atoms with Crippen LogP contribution in [0.2, 0.25) is 0 Å². The van der Waals surface area contributed by atoms with E-state index in [1.165, 1.54) is 12.0 Å². The molecular formula is C15H17N3O. The van der Waals surface area contributed by atoms with Crippen LogP contribution in [0.4, 0.5) is 5.95 Å². The molecule has 0 radical (unpaired) electrons. The molecule has 5 rings (SSSR count). The van der Waals surface area contributed by atoms with Gasteiger partial charge in [0.05, 0.1) is 12.0 Å². The summed E-state index contributed by atoms with van der Waals surface area (Å²) in [7, 11) is 0. The fourth-order valence-corrected chi connectivity index (χ4v) is 3.70. The molecule has 2 aromatic rings. The van der Waals surface area contributed by atoms with E-state index >= 15 is 0 Å². The van der Waals surface area contributed by atoms with E-state index in [1.54, 1.807) is 6.26 Å². The quantitative estimate of drug-likeness (QED) is 0.850. The van der Waals surface area contributed by atoms with E-state index in [0.717, 1.165) is 29.5 Å². The molecule has 2 atom stereocenters. The standard InChI is InChI=1S/C15H17N3O/c1-15(2)8-6-9-12(10(15)7-8)17-14(16)18-13(9)11-4-3-5-19-11/h3-5,8,10H,6-7H2,1-2H3,(H2,16,17,18).